The molecule has 2 amide bonds. The molecule has 0 aliphatic rings. The lowest BCUT2D eigenvalue weighted by atomic mass is 10.1. The van der Waals surface area contributed by atoms with Crippen LogP contribution in [0, 0.1) is 5.92 Å². The Kier molecular flexibility index (Phi) is 7.34. The van der Waals surface area contributed by atoms with Gasteiger partial charge in [0, 0.05) is 18.3 Å². The Morgan fingerprint density at radius 2 is 1.81 bits per heavy atom. The first kappa shape index (κ1) is 20.4. The van der Waals surface area contributed by atoms with Crippen molar-refractivity contribution in [2.45, 2.75) is 40.2 Å². The molecule has 2 aromatic rings. The maximum atomic E-state index is 12.6. The smallest absolute Gasteiger partial charge is 0.274 e. The van der Waals surface area contributed by atoms with E-state index in [0.717, 1.165) is 6.42 Å². The molecule has 0 spiro atoms. The number of pyridine rings is 1. The number of ether oxygens (including phenoxy) is 1. The molecule has 1 heterocycles. The van der Waals surface area contributed by atoms with Crippen molar-refractivity contribution < 1.29 is 14.3 Å². The first-order chi connectivity index (χ1) is 12.9. The number of benzene rings is 1. The van der Waals surface area contributed by atoms with Gasteiger partial charge in [-0.3, -0.25) is 14.6 Å². The standard InChI is InChI=1S/C21H27N3O3/c1-14(2)9-11-23-20(25)16-10-12-22-18(13-16)21(26)24-17-7-5-6-8-19(17)27-15(3)4/h5-8,10,12-15H,9,11H2,1-4H3,(H,23,25)(H,24,26). The molecule has 0 bridgehead atoms. The van der Waals surface area contributed by atoms with E-state index in [-0.39, 0.29) is 17.7 Å². The van der Waals surface area contributed by atoms with Crippen LogP contribution in [0.25, 0.3) is 0 Å². The van der Waals surface area contributed by atoms with Gasteiger partial charge in [0.05, 0.1) is 11.8 Å². The molecule has 6 heteroatoms. The monoisotopic (exact) mass is 369 g/mol. The highest BCUT2D eigenvalue weighted by Gasteiger charge is 2.14. The van der Waals surface area contributed by atoms with Gasteiger partial charge in [-0.1, -0.05) is 26.0 Å². The number of hydrogen-bond donors (Lipinski definition) is 2. The SMILES string of the molecule is CC(C)CCNC(=O)c1ccnc(C(=O)Nc2ccccc2OC(C)C)c1. The van der Waals surface area contributed by atoms with Gasteiger partial charge in [0.25, 0.3) is 11.8 Å². The second-order valence-electron chi connectivity index (χ2n) is 6.99. The Morgan fingerprint density at radius 3 is 2.52 bits per heavy atom. The van der Waals surface area contributed by atoms with Gasteiger partial charge in [0.2, 0.25) is 0 Å². The van der Waals surface area contributed by atoms with Crippen LogP contribution in [0.5, 0.6) is 5.75 Å². The fourth-order valence-electron chi connectivity index (χ4n) is 2.39. The van der Waals surface area contributed by atoms with Crippen LogP contribution in [-0.2, 0) is 0 Å². The number of nitrogens with one attached hydrogen (secondary N) is 2. The summed E-state index contributed by atoms with van der Waals surface area (Å²) in [6.45, 7) is 8.63. The van der Waals surface area contributed by atoms with E-state index in [1.165, 1.54) is 12.3 Å². The predicted molar refractivity (Wildman–Crippen MR) is 106 cm³/mol. The molecule has 2 N–H and O–H groups in total. The number of para-hydroxylation sites is 2. The van der Waals surface area contributed by atoms with Crippen molar-refractivity contribution in [2.75, 3.05) is 11.9 Å². The number of anilines is 1. The predicted octanol–water partition coefficient (Wildman–Crippen LogP) is 3.90. The maximum Gasteiger partial charge on any atom is 0.274 e. The Labute approximate surface area is 160 Å². The van der Waals surface area contributed by atoms with E-state index in [1.54, 1.807) is 18.2 Å². The summed E-state index contributed by atoms with van der Waals surface area (Å²) in [5.74, 6) is 0.489. The Hall–Kier alpha value is -2.89. The van der Waals surface area contributed by atoms with Gasteiger partial charge in [0.1, 0.15) is 11.4 Å². The van der Waals surface area contributed by atoms with Crippen LogP contribution in [0.4, 0.5) is 5.69 Å². The average Bonchev–Trinajstić information content (AvgIpc) is 2.62. The fraction of sp³-hybridized carbons (Fsp3) is 0.381. The summed E-state index contributed by atoms with van der Waals surface area (Å²) in [6.07, 6.45) is 2.35. The van der Waals surface area contributed by atoms with Crippen LogP contribution < -0.4 is 15.4 Å². The Bertz CT molecular complexity index is 788. The van der Waals surface area contributed by atoms with E-state index in [0.29, 0.717) is 29.5 Å². The number of carbonyl (C=O) groups excluding carboxylic acids is 2. The zero-order valence-corrected chi connectivity index (χ0v) is 16.3. The van der Waals surface area contributed by atoms with Gasteiger partial charge < -0.3 is 15.4 Å². The van der Waals surface area contributed by atoms with Crippen LogP contribution in [-0.4, -0.2) is 29.4 Å². The third kappa shape index (κ3) is 6.40. The summed E-state index contributed by atoms with van der Waals surface area (Å²) < 4.78 is 5.71. The van der Waals surface area contributed by atoms with Crippen LogP contribution in [0.1, 0.15) is 55.0 Å². The van der Waals surface area contributed by atoms with Gasteiger partial charge in [-0.15, -0.1) is 0 Å². The molecule has 0 unspecified atom stereocenters. The minimum atomic E-state index is -0.397. The molecule has 144 valence electrons. The summed E-state index contributed by atoms with van der Waals surface area (Å²) in [5.41, 5.74) is 1.14. The van der Waals surface area contributed by atoms with Crippen molar-refractivity contribution in [1.82, 2.24) is 10.3 Å². The normalized spacial score (nSPS) is 10.7. The summed E-state index contributed by atoms with van der Waals surface area (Å²) >= 11 is 0. The minimum Gasteiger partial charge on any atom is -0.489 e. The largest absolute Gasteiger partial charge is 0.489 e. The molecule has 0 aliphatic carbocycles. The highest BCUT2D eigenvalue weighted by atomic mass is 16.5. The van der Waals surface area contributed by atoms with Crippen molar-refractivity contribution in [3.8, 4) is 5.75 Å². The summed E-state index contributed by atoms with van der Waals surface area (Å²) in [6, 6.07) is 10.3. The number of hydrogen-bond acceptors (Lipinski definition) is 4. The first-order valence-electron chi connectivity index (χ1n) is 9.18. The summed E-state index contributed by atoms with van der Waals surface area (Å²) in [5, 5.41) is 5.66. The van der Waals surface area contributed by atoms with E-state index >= 15 is 0 Å². The van der Waals surface area contributed by atoms with Crippen molar-refractivity contribution >= 4 is 17.5 Å². The molecular weight excluding hydrogens is 342 g/mol. The van der Waals surface area contributed by atoms with Gasteiger partial charge in [-0.25, -0.2) is 0 Å². The third-order valence-electron chi connectivity index (χ3n) is 3.76. The Balaban J connectivity index is 2.08. The molecule has 1 aromatic heterocycles. The molecule has 2 rings (SSSR count). The highest BCUT2D eigenvalue weighted by Crippen LogP contribution is 2.25. The van der Waals surface area contributed by atoms with Gasteiger partial charge in [-0.2, -0.15) is 0 Å². The zero-order valence-electron chi connectivity index (χ0n) is 16.3. The minimum absolute atomic E-state index is 0.0148. The van der Waals surface area contributed by atoms with E-state index in [9.17, 15) is 9.59 Å². The van der Waals surface area contributed by atoms with Crippen LogP contribution >= 0.6 is 0 Å². The summed E-state index contributed by atoms with van der Waals surface area (Å²) in [7, 11) is 0. The third-order valence-corrected chi connectivity index (χ3v) is 3.76. The van der Waals surface area contributed by atoms with E-state index in [1.807, 2.05) is 26.0 Å². The van der Waals surface area contributed by atoms with Crippen molar-refractivity contribution in [3.63, 3.8) is 0 Å². The molecule has 0 aliphatic heterocycles. The lowest BCUT2D eigenvalue weighted by Gasteiger charge is -2.14. The van der Waals surface area contributed by atoms with E-state index in [2.05, 4.69) is 29.5 Å². The molecule has 0 saturated carbocycles. The first-order valence-corrected chi connectivity index (χ1v) is 9.18. The molecule has 6 nitrogen and oxygen atoms in total. The molecule has 0 radical (unpaired) electrons. The highest BCUT2D eigenvalue weighted by molar-refractivity contribution is 6.05. The second-order valence-corrected chi connectivity index (χ2v) is 6.99. The quantitative estimate of drug-likeness (QED) is 0.740. The van der Waals surface area contributed by atoms with Crippen molar-refractivity contribution in [3.05, 3.63) is 53.9 Å². The zero-order chi connectivity index (χ0) is 19.8. The van der Waals surface area contributed by atoms with Gasteiger partial charge in [0.15, 0.2) is 0 Å². The number of aromatic nitrogens is 1. The average molecular weight is 369 g/mol. The fourth-order valence-corrected chi connectivity index (χ4v) is 2.39. The molecule has 1 aromatic carbocycles. The molecule has 0 atom stereocenters. The maximum absolute atomic E-state index is 12.6. The van der Waals surface area contributed by atoms with E-state index in [4.69, 9.17) is 4.74 Å². The Morgan fingerprint density at radius 1 is 1.07 bits per heavy atom. The summed E-state index contributed by atoms with van der Waals surface area (Å²) in [4.78, 5) is 28.9. The molecular formula is C21H27N3O3. The van der Waals surface area contributed by atoms with Crippen LogP contribution in [0.3, 0.4) is 0 Å². The van der Waals surface area contributed by atoms with Gasteiger partial charge >= 0.3 is 0 Å². The number of nitrogens with zero attached hydrogens (tertiary/aromatic N) is 1. The molecule has 0 saturated heterocycles. The number of rotatable bonds is 8. The molecule has 27 heavy (non-hydrogen) atoms. The number of amides is 2. The van der Waals surface area contributed by atoms with E-state index < -0.39 is 5.91 Å². The van der Waals surface area contributed by atoms with Crippen molar-refractivity contribution in [1.29, 1.82) is 0 Å². The second kappa shape index (κ2) is 9.71. The number of carbonyl (C=O) groups is 2. The topological polar surface area (TPSA) is 80.3 Å². The lowest BCUT2D eigenvalue weighted by molar-refractivity contribution is 0.0952. The lowest BCUT2D eigenvalue weighted by Crippen LogP contribution is -2.26. The van der Waals surface area contributed by atoms with Crippen LogP contribution in [0.2, 0.25) is 0 Å². The van der Waals surface area contributed by atoms with Crippen LogP contribution in [0.15, 0.2) is 42.6 Å². The van der Waals surface area contributed by atoms with Crippen molar-refractivity contribution in [2.24, 2.45) is 5.92 Å². The van der Waals surface area contributed by atoms with Gasteiger partial charge in [-0.05, 0) is 50.5 Å². The molecule has 0 fully saturated rings.